The Labute approximate surface area is 185 Å². The summed E-state index contributed by atoms with van der Waals surface area (Å²) in [5.74, 6) is 0.650. The van der Waals surface area contributed by atoms with E-state index in [1.54, 1.807) is 29.7 Å². The Balaban J connectivity index is 1.68. The van der Waals surface area contributed by atoms with Crippen LogP contribution in [0.4, 0.5) is 10.7 Å². The number of ether oxygens (including phenoxy) is 1. The van der Waals surface area contributed by atoms with Crippen molar-refractivity contribution in [3.8, 4) is 5.75 Å². The van der Waals surface area contributed by atoms with E-state index in [0.29, 0.717) is 22.9 Å². The lowest BCUT2D eigenvalue weighted by atomic mass is 9.95. The number of nitrogens with one attached hydrogen (secondary N) is 1. The van der Waals surface area contributed by atoms with Crippen LogP contribution in [0.15, 0.2) is 53.5 Å². The molecule has 1 heterocycles. The Hall–Kier alpha value is -2.63. The molecule has 0 radical (unpaired) electrons. The second-order valence-electron chi connectivity index (χ2n) is 7.08. The second kappa shape index (κ2) is 9.45. The summed E-state index contributed by atoms with van der Waals surface area (Å²) in [7, 11) is 0. The van der Waals surface area contributed by atoms with Gasteiger partial charge in [0.1, 0.15) is 10.8 Å². The van der Waals surface area contributed by atoms with Crippen molar-refractivity contribution < 1.29 is 9.53 Å². The Morgan fingerprint density at radius 3 is 2.87 bits per heavy atom. The molecule has 1 N–H and O–H groups in total. The number of halogens is 1. The summed E-state index contributed by atoms with van der Waals surface area (Å²) in [6.45, 7) is 2.55. The summed E-state index contributed by atoms with van der Waals surface area (Å²) >= 11 is 7.69. The first kappa shape index (κ1) is 20.6. The molecule has 2 aromatic carbocycles. The summed E-state index contributed by atoms with van der Waals surface area (Å²) < 4.78 is 5.69. The van der Waals surface area contributed by atoms with Crippen LogP contribution >= 0.6 is 22.9 Å². The normalized spacial score (nSPS) is 13.3. The third-order valence-corrected chi connectivity index (χ3v) is 6.44. The number of anilines is 1. The van der Waals surface area contributed by atoms with Crippen LogP contribution in [0.25, 0.3) is 0 Å². The first-order valence-corrected chi connectivity index (χ1v) is 11.3. The van der Waals surface area contributed by atoms with E-state index >= 15 is 0 Å². The van der Waals surface area contributed by atoms with E-state index in [0.717, 1.165) is 47.6 Å². The monoisotopic (exact) mass is 438 g/mol. The maximum Gasteiger partial charge on any atom is 0.259 e. The molecule has 4 rings (SSSR count). The van der Waals surface area contributed by atoms with E-state index in [2.05, 4.69) is 5.32 Å². The SMILES string of the molecule is CCOc1ccccc1/C=N/c1sc2c(c1C(=O)Nc1cccc(Cl)c1)CCCC2. The lowest BCUT2D eigenvalue weighted by Gasteiger charge is -2.13. The van der Waals surface area contributed by atoms with Crippen LogP contribution in [0.5, 0.6) is 5.75 Å². The maximum atomic E-state index is 13.2. The lowest BCUT2D eigenvalue weighted by Crippen LogP contribution is -2.14. The van der Waals surface area contributed by atoms with Crippen LogP contribution in [0.2, 0.25) is 5.02 Å². The molecule has 1 amide bonds. The van der Waals surface area contributed by atoms with Crippen molar-refractivity contribution in [3.63, 3.8) is 0 Å². The third kappa shape index (κ3) is 4.58. The van der Waals surface area contributed by atoms with Gasteiger partial charge >= 0.3 is 0 Å². The highest BCUT2D eigenvalue weighted by atomic mass is 35.5. The molecule has 1 aliphatic rings. The molecule has 154 valence electrons. The van der Waals surface area contributed by atoms with E-state index < -0.39 is 0 Å². The van der Waals surface area contributed by atoms with Gasteiger partial charge in [0, 0.05) is 27.4 Å². The largest absolute Gasteiger partial charge is 0.493 e. The van der Waals surface area contributed by atoms with Gasteiger partial charge < -0.3 is 10.1 Å². The Morgan fingerprint density at radius 2 is 2.03 bits per heavy atom. The predicted molar refractivity (Wildman–Crippen MR) is 125 cm³/mol. The fraction of sp³-hybridized carbons (Fsp3) is 0.250. The average molecular weight is 439 g/mol. The molecule has 1 aromatic heterocycles. The molecular formula is C24H23ClN2O2S. The molecule has 30 heavy (non-hydrogen) atoms. The molecule has 0 spiro atoms. The number of para-hydroxylation sites is 1. The highest BCUT2D eigenvalue weighted by Crippen LogP contribution is 2.40. The number of amides is 1. The third-order valence-electron chi connectivity index (χ3n) is 5.00. The highest BCUT2D eigenvalue weighted by molar-refractivity contribution is 7.16. The zero-order chi connectivity index (χ0) is 20.9. The predicted octanol–water partition coefficient (Wildman–Crippen LogP) is 6.68. The van der Waals surface area contributed by atoms with Crippen LogP contribution in [0, 0.1) is 0 Å². The zero-order valence-electron chi connectivity index (χ0n) is 16.8. The van der Waals surface area contributed by atoms with Gasteiger partial charge in [-0.2, -0.15) is 0 Å². The number of nitrogens with zero attached hydrogens (tertiary/aromatic N) is 1. The number of benzene rings is 2. The Kier molecular flexibility index (Phi) is 6.50. The number of fused-ring (bicyclic) bond motifs is 1. The van der Waals surface area contributed by atoms with Crippen LogP contribution in [-0.2, 0) is 12.8 Å². The number of thiophene rings is 1. The van der Waals surface area contributed by atoms with Gasteiger partial charge in [0.15, 0.2) is 0 Å². The van der Waals surface area contributed by atoms with Gasteiger partial charge in [-0.25, -0.2) is 4.99 Å². The smallest absolute Gasteiger partial charge is 0.259 e. The molecular weight excluding hydrogens is 416 g/mol. The second-order valence-corrected chi connectivity index (χ2v) is 8.60. The quantitative estimate of drug-likeness (QED) is 0.436. The molecule has 3 aromatic rings. The molecule has 0 bridgehead atoms. The molecule has 0 saturated heterocycles. The van der Waals surface area contributed by atoms with Gasteiger partial charge in [-0.05, 0) is 68.5 Å². The Morgan fingerprint density at radius 1 is 1.20 bits per heavy atom. The van der Waals surface area contributed by atoms with E-state index in [9.17, 15) is 4.79 Å². The molecule has 0 fully saturated rings. The fourth-order valence-corrected chi connectivity index (χ4v) is 5.06. The van der Waals surface area contributed by atoms with Crippen molar-refractivity contribution in [1.82, 2.24) is 0 Å². The van der Waals surface area contributed by atoms with Crippen molar-refractivity contribution in [1.29, 1.82) is 0 Å². The molecule has 4 nitrogen and oxygen atoms in total. The summed E-state index contributed by atoms with van der Waals surface area (Å²) in [4.78, 5) is 19.2. The molecule has 1 aliphatic carbocycles. The van der Waals surface area contributed by atoms with Gasteiger partial charge in [-0.1, -0.05) is 29.8 Å². The molecule has 0 atom stereocenters. The minimum absolute atomic E-state index is 0.137. The number of hydrogen-bond donors (Lipinski definition) is 1. The van der Waals surface area contributed by atoms with Crippen molar-refractivity contribution in [3.05, 3.63) is 75.1 Å². The van der Waals surface area contributed by atoms with Gasteiger partial charge in [0.25, 0.3) is 5.91 Å². The lowest BCUT2D eigenvalue weighted by molar-refractivity contribution is 0.102. The number of hydrogen-bond acceptors (Lipinski definition) is 4. The minimum Gasteiger partial charge on any atom is -0.493 e. The van der Waals surface area contributed by atoms with Crippen molar-refractivity contribution in [2.24, 2.45) is 4.99 Å². The molecule has 0 aliphatic heterocycles. The summed E-state index contributed by atoms with van der Waals surface area (Å²) in [6, 6.07) is 15.0. The summed E-state index contributed by atoms with van der Waals surface area (Å²) in [6.07, 6.45) is 5.95. The molecule has 0 unspecified atom stereocenters. The minimum atomic E-state index is -0.137. The van der Waals surface area contributed by atoms with Gasteiger partial charge in [0.2, 0.25) is 0 Å². The highest BCUT2D eigenvalue weighted by Gasteiger charge is 2.25. The van der Waals surface area contributed by atoms with Crippen LogP contribution in [0.1, 0.15) is 46.1 Å². The topological polar surface area (TPSA) is 50.7 Å². The van der Waals surface area contributed by atoms with E-state index in [1.165, 1.54) is 4.88 Å². The fourth-order valence-electron chi connectivity index (χ4n) is 3.64. The van der Waals surface area contributed by atoms with Crippen molar-refractivity contribution in [2.45, 2.75) is 32.6 Å². The average Bonchev–Trinajstić information content (AvgIpc) is 3.12. The first-order valence-electron chi connectivity index (χ1n) is 10.1. The molecule has 0 saturated carbocycles. The van der Waals surface area contributed by atoms with Crippen LogP contribution < -0.4 is 10.1 Å². The van der Waals surface area contributed by atoms with Crippen LogP contribution in [-0.4, -0.2) is 18.7 Å². The van der Waals surface area contributed by atoms with Gasteiger partial charge in [0.05, 0.1) is 12.2 Å². The van der Waals surface area contributed by atoms with E-state index in [-0.39, 0.29) is 5.91 Å². The number of rotatable bonds is 6. The van der Waals surface area contributed by atoms with Gasteiger partial charge in [-0.3, -0.25) is 4.79 Å². The van der Waals surface area contributed by atoms with E-state index in [1.807, 2.05) is 43.3 Å². The van der Waals surface area contributed by atoms with Gasteiger partial charge in [-0.15, -0.1) is 11.3 Å². The van der Waals surface area contributed by atoms with Crippen molar-refractivity contribution in [2.75, 3.05) is 11.9 Å². The first-order chi connectivity index (χ1) is 14.7. The number of aryl methyl sites for hydroxylation is 1. The van der Waals surface area contributed by atoms with Crippen LogP contribution in [0.3, 0.4) is 0 Å². The Bertz CT molecular complexity index is 1090. The zero-order valence-corrected chi connectivity index (χ0v) is 18.4. The number of carbonyl (C=O) groups excluding carboxylic acids is 1. The standard InChI is InChI=1S/C24H23ClN2O2S/c1-2-29-20-12-5-3-8-16(20)15-26-24-22(19-11-4-6-13-21(19)30-24)23(28)27-18-10-7-9-17(25)14-18/h3,5,7-10,12,14-15H,2,4,6,11,13H2,1H3,(H,27,28)/b26-15+. The van der Waals surface area contributed by atoms with Crippen molar-refractivity contribution >= 4 is 45.7 Å². The van der Waals surface area contributed by atoms with E-state index in [4.69, 9.17) is 21.3 Å². The number of carbonyl (C=O) groups is 1. The number of aliphatic imine (C=N–C) groups is 1. The summed E-state index contributed by atoms with van der Waals surface area (Å²) in [5, 5.41) is 4.32. The maximum absolute atomic E-state index is 13.2. The molecule has 6 heteroatoms. The summed E-state index contributed by atoms with van der Waals surface area (Å²) in [5.41, 5.74) is 3.39.